The lowest BCUT2D eigenvalue weighted by atomic mass is 10.1. The summed E-state index contributed by atoms with van der Waals surface area (Å²) in [7, 11) is 0. The normalized spacial score (nSPS) is 14.2. The van der Waals surface area contributed by atoms with Crippen LogP contribution in [0.4, 0.5) is 0 Å². The summed E-state index contributed by atoms with van der Waals surface area (Å²) in [6.07, 6.45) is 3.49. The van der Waals surface area contributed by atoms with Gasteiger partial charge in [-0.2, -0.15) is 0 Å². The van der Waals surface area contributed by atoms with Gasteiger partial charge in [-0.05, 0) is 37.5 Å². The van der Waals surface area contributed by atoms with E-state index in [-0.39, 0.29) is 12.1 Å². The van der Waals surface area contributed by atoms with Crippen molar-refractivity contribution in [3.8, 4) is 0 Å². The van der Waals surface area contributed by atoms with Gasteiger partial charge in [0.05, 0.1) is 6.26 Å². The van der Waals surface area contributed by atoms with Gasteiger partial charge in [-0.15, -0.1) is 0 Å². The van der Waals surface area contributed by atoms with Gasteiger partial charge in [-0.3, -0.25) is 0 Å². The molecule has 0 spiro atoms. The van der Waals surface area contributed by atoms with Crippen molar-refractivity contribution < 1.29 is 9.15 Å². The molecule has 102 valence electrons. The summed E-state index contributed by atoms with van der Waals surface area (Å²) in [6.45, 7) is 2.62. The summed E-state index contributed by atoms with van der Waals surface area (Å²) in [6, 6.07) is 14.1. The van der Waals surface area contributed by atoms with Crippen molar-refractivity contribution in [3.05, 3.63) is 60.1 Å². The van der Waals surface area contributed by atoms with E-state index in [9.17, 15) is 0 Å². The second kappa shape index (κ2) is 7.12. The van der Waals surface area contributed by atoms with Gasteiger partial charge in [0.1, 0.15) is 11.9 Å². The molecule has 0 aliphatic heterocycles. The number of aryl methyl sites for hydroxylation is 1. The van der Waals surface area contributed by atoms with Gasteiger partial charge >= 0.3 is 0 Å². The molecule has 2 rings (SSSR count). The monoisotopic (exact) mass is 259 g/mol. The third kappa shape index (κ3) is 4.23. The van der Waals surface area contributed by atoms with Crippen LogP contribution in [0.3, 0.4) is 0 Å². The minimum absolute atomic E-state index is 0.0807. The maximum absolute atomic E-state index is 5.94. The van der Waals surface area contributed by atoms with Crippen molar-refractivity contribution in [2.75, 3.05) is 6.61 Å². The largest absolute Gasteiger partial charge is 0.467 e. The molecule has 3 heteroatoms. The van der Waals surface area contributed by atoms with Crippen molar-refractivity contribution in [2.45, 2.75) is 31.9 Å². The molecule has 0 saturated heterocycles. The summed E-state index contributed by atoms with van der Waals surface area (Å²) in [5, 5.41) is 0. The van der Waals surface area contributed by atoms with Crippen molar-refractivity contribution >= 4 is 0 Å². The molecule has 19 heavy (non-hydrogen) atoms. The zero-order valence-electron chi connectivity index (χ0n) is 11.3. The maximum Gasteiger partial charge on any atom is 0.134 e. The number of benzene rings is 1. The molecule has 0 saturated carbocycles. The van der Waals surface area contributed by atoms with Crippen molar-refractivity contribution in [1.82, 2.24) is 0 Å². The average molecular weight is 259 g/mol. The highest BCUT2D eigenvalue weighted by Crippen LogP contribution is 2.21. The zero-order chi connectivity index (χ0) is 13.5. The molecule has 1 aromatic heterocycles. The van der Waals surface area contributed by atoms with E-state index < -0.39 is 0 Å². The molecular weight excluding hydrogens is 238 g/mol. The van der Waals surface area contributed by atoms with Gasteiger partial charge < -0.3 is 14.9 Å². The second-order valence-corrected chi connectivity index (χ2v) is 4.76. The second-order valence-electron chi connectivity index (χ2n) is 4.76. The van der Waals surface area contributed by atoms with E-state index in [0.717, 1.165) is 18.6 Å². The fourth-order valence-electron chi connectivity index (χ4n) is 2.08. The zero-order valence-corrected chi connectivity index (χ0v) is 11.3. The molecule has 0 aliphatic rings. The molecule has 0 aliphatic carbocycles. The number of hydrogen-bond donors (Lipinski definition) is 1. The van der Waals surface area contributed by atoms with E-state index in [1.165, 1.54) is 5.56 Å². The molecule has 0 radical (unpaired) electrons. The van der Waals surface area contributed by atoms with E-state index in [0.29, 0.717) is 6.61 Å². The van der Waals surface area contributed by atoms with Gasteiger partial charge in [0.15, 0.2) is 0 Å². The Morgan fingerprint density at radius 1 is 1.16 bits per heavy atom. The Hall–Kier alpha value is -1.58. The summed E-state index contributed by atoms with van der Waals surface area (Å²) in [5.41, 5.74) is 7.27. The number of rotatable bonds is 7. The van der Waals surface area contributed by atoms with Crippen LogP contribution in [0.15, 0.2) is 53.1 Å². The first kappa shape index (κ1) is 13.8. The van der Waals surface area contributed by atoms with Crippen LogP contribution >= 0.6 is 0 Å². The van der Waals surface area contributed by atoms with Crippen LogP contribution in [0, 0.1) is 0 Å². The topological polar surface area (TPSA) is 48.4 Å². The third-order valence-corrected chi connectivity index (χ3v) is 3.05. The molecule has 2 atom stereocenters. The highest BCUT2D eigenvalue weighted by atomic mass is 16.5. The van der Waals surface area contributed by atoms with E-state index in [1.807, 2.05) is 25.1 Å². The lowest BCUT2D eigenvalue weighted by molar-refractivity contribution is 0.0226. The third-order valence-electron chi connectivity index (χ3n) is 3.05. The Morgan fingerprint density at radius 3 is 2.58 bits per heavy atom. The SMILES string of the molecule is CC(N)C(OCCCc1ccccc1)c1ccco1. The fraction of sp³-hybridized carbons (Fsp3) is 0.375. The first-order chi connectivity index (χ1) is 9.27. The number of furan rings is 1. The highest BCUT2D eigenvalue weighted by Gasteiger charge is 2.19. The standard InChI is InChI=1S/C16H21NO2/c1-13(17)16(15-10-6-11-18-15)19-12-5-9-14-7-3-2-4-8-14/h2-4,6-8,10-11,13,16H,5,9,12,17H2,1H3. The Morgan fingerprint density at radius 2 is 1.95 bits per heavy atom. The minimum Gasteiger partial charge on any atom is -0.467 e. The van der Waals surface area contributed by atoms with Crippen LogP contribution in [0.25, 0.3) is 0 Å². The molecule has 0 bridgehead atoms. The quantitative estimate of drug-likeness (QED) is 0.776. The Kier molecular flexibility index (Phi) is 5.19. The number of hydrogen-bond acceptors (Lipinski definition) is 3. The molecule has 0 fully saturated rings. The number of nitrogens with two attached hydrogens (primary N) is 1. The van der Waals surface area contributed by atoms with Crippen molar-refractivity contribution in [2.24, 2.45) is 5.73 Å². The van der Waals surface area contributed by atoms with Crippen LogP contribution < -0.4 is 5.73 Å². The van der Waals surface area contributed by atoms with E-state index in [1.54, 1.807) is 6.26 Å². The average Bonchev–Trinajstić information content (AvgIpc) is 2.93. The van der Waals surface area contributed by atoms with Crippen LogP contribution in [0.2, 0.25) is 0 Å². The van der Waals surface area contributed by atoms with Gasteiger partial charge in [-0.1, -0.05) is 30.3 Å². The lowest BCUT2D eigenvalue weighted by Crippen LogP contribution is -2.27. The van der Waals surface area contributed by atoms with E-state index >= 15 is 0 Å². The molecule has 3 nitrogen and oxygen atoms in total. The minimum atomic E-state index is -0.161. The van der Waals surface area contributed by atoms with Gasteiger partial charge in [0.25, 0.3) is 0 Å². The Balaban J connectivity index is 1.77. The van der Waals surface area contributed by atoms with Crippen LogP contribution in [0.5, 0.6) is 0 Å². The van der Waals surface area contributed by atoms with E-state index in [4.69, 9.17) is 14.9 Å². The number of ether oxygens (including phenoxy) is 1. The molecule has 1 aromatic carbocycles. The van der Waals surface area contributed by atoms with Crippen molar-refractivity contribution in [1.29, 1.82) is 0 Å². The fourth-order valence-corrected chi connectivity index (χ4v) is 2.08. The summed E-state index contributed by atoms with van der Waals surface area (Å²) >= 11 is 0. The molecule has 2 aromatic rings. The summed E-state index contributed by atoms with van der Waals surface area (Å²) in [4.78, 5) is 0. The van der Waals surface area contributed by atoms with Crippen LogP contribution in [-0.2, 0) is 11.2 Å². The lowest BCUT2D eigenvalue weighted by Gasteiger charge is -2.19. The van der Waals surface area contributed by atoms with E-state index in [2.05, 4.69) is 24.3 Å². The van der Waals surface area contributed by atoms with Gasteiger partial charge in [0, 0.05) is 12.6 Å². The Labute approximate surface area is 114 Å². The van der Waals surface area contributed by atoms with Crippen molar-refractivity contribution in [3.63, 3.8) is 0 Å². The summed E-state index contributed by atoms with van der Waals surface area (Å²) in [5.74, 6) is 0.801. The van der Waals surface area contributed by atoms with Crippen LogP contribution in [-0.4, -0.2) is 12.6 Å². The predicted molar refractivity (Wildman–Crippen MR) is 75.8 cm³/mol. The van der Waals surface area contributed by atoms with Crippen LogP contribution in [0.1, 0.15) is 30.8 Å². The molecule has 2 N–H and O–H groups in total. The summed E-state index contributed by atoms with van der Waals surface area (Å²) < 4.78 is 11.2. The smallest absolute Gasteiger partial charge is 0.134 e. The molecule has 0 amide bonds. The molecular formula is C16H21NO2. The molecule has 2 unspecified atom stereocenters. The maximum atomic E-state index is 5.94. The van der Waals surface area contributed by atoms with Gasteiger partial charge in [-0.25, -0.2) is 0 Å². The first-order valence-electron chi connectivity index (χ1n) is 6.72. The Bertz CT molecular complexity index is 451. The predicted octanol–water partition coefficient (Wildman–Crippen LogP) is 3.32. The van der Waals surface area contributed by atoms with Gasteiger partial charge in [0.2, 0.25) is 0 Å². The molecule has 1 heterocycles. The highest BCUT2D eigenvalue weighted by molar-refractivity contribution is 5.14. The first-order valence-corrected chi connectivity index (χ1v) is 6.72.